The Balaban J connectivity index is 1.74. The minimum atomic E-state index is -0.645. The molecule has 0 fully saturated rings. The number of fused-ring (bicyclic) bond motifs is 1. The fourth-order valence-corrected chi connectivity index (χ4v) is 3.25. The first-order valence-electron chi connectivity index (χ1n) is 9.62. The normalized spacial score (nSPS) is 12.6. The number of amides is 2. The van der Waals surface area contributed by atoms with E-state index < -0.39 is 23.3 Å². The van der Waals surface area contributed by atoms with Crippen LogP contribution in [0, 0.1) is 0 Å². The monoisotopic (exact) mass is 397 g/mol. The van der Waals surface area contributed by atoms with Gasteiger partial charge in [0.2, 0.25) is 0 Å². The van der Waals surface area contributed by atoms with Gasteiger partial charge in [0.25, 0.3) is 17.4 Å². The summed E-state index contributed by atoms with van der Waals surface area (Å²) in [5.74, 6) is -1.85. The van der Waals surface area contributed by atoms with Gasteiger partial charge in [0.1, 0.15) is 5.82 Å². The van der Waals surface area contributed by atoms with Crippen molar-refractivity contribution >= 4 is 23.6 Å². The second kappa shape index (κ2) is 8.72. The molecule has 1 aromatic carbocycles. The molecule has 3 N–H and O–H groups in total. The molecule has 29 heavy (non-hydrogen) atoms. The van der Waals surface area contributed by atoms with Crippen LogP contribution < -0.4 is 16.6 Å². The summed E-state index contributed by atoms with van der Waals surface area (Å²) in [6.45, 7) is 2.51. The second-order valence-electron chi connectivity index (χ2n) is 6.87. The molecule has 0 saturated carbocycles. The molecule has 3 rings (SSSR count). The van der Waals surface area contributed by atoms with Gasteiger partial charge in [-0.2, -0.15) is 0 Å². The molecule has 8 heteroatoms. The van der Waals surface area contributed by atoms with Gasteiger partial charge >= 0.3 is 5.97 Å². The summed E-state index contributed by atoms with van der Waals surface area (Å²) in [5.41, 5.74) is 6.11. The molecule has 1 aliphatic heterocycles. The Bertz CT molecular complexity index is 1010. The number of nitrogens with one attached hydrogen (secondary N) is 1. The molecule has 0 spiro atoms. The smallest absolute Gasteiger partial charge is 0.338 e. The SMILES string of the molecule is CCCCCCCOC(=O)c1ccc(-n2c(N)c3c(cc2=O)C(=O)NC3=O)cc1. The zero-order valence-corrected chi connectivity index (χ0v) is 16.2. The Morgan fingerprint density at radius 1 is 1.03 bits per heavy atom. The number of nitrogens with two attached hydrogens (primary N) is 1. The first kappa shape index (κ1) is 20.3. The lowest BCUT2D eigenvalue weighted by molar-refractivity contribution is 0.0497. The minimum Gasteiger partial charge on any atom is -0.462 e. The van der Waals surface area contributed by atoms with Crippen molar-refractivity contribution in [2.75, 3.05) is 12.3 Å². The number of imide groups is 1. The predicted molar refractivity (Wildman–Crippen MR) is 107 cm³/mol. The van der Waals surface area contributed by atoms with Crippen molar-refractivity contribution in [2.24, 2.45) is 0 Å². The number of benzene rings is 1. The van der Waals surface area contributed by atoms with Gasteiger partial charge in [0.15, 0.2) is 0 Å². The van der Waals surface area contributed by atoms with E-state index in [1.807, 2.05) is 0 Å². The number of carbonyl (C=O) groups is 3. The molecular formula is C21H23N3O5. The van der Waals surface area contributed by atoms with Crippen LogP contribution in [-0.2, 0) is 4.74 Å². The van der Waals surface area contributed by atoms with Gasteiger partial charge < -0.3 is 10.5 Å². The topological polar surface area (TPSA) is 120 Å². The Labute approximate surface area is 167 Å². The van der Waals surface area contributed by atoms with E-state index in [0.29, 0.717) is 17.9 Å². The summed E-state index contributed by atoms with van der Waals surface area (Å²) in [5, 5.41) is 2.12. The molecule has 2 heterocycles. The average Bonchev–Trinajstić information content (AvgIpc) is 2.98. The largest absolute Gasteiger partial charge is 0.462 e. The lowest BCUT2D eigenvalue weighted by Gasteiger charge is -2.12. The maximum absolute atomic E-state index is 12.4. The van der Waals surface area contributed by atoms with Gasteiger partial charge in [-0.25, -0.2) is 4.79 Å². The summed E-state index contributed by atoms with van der Waals surface area (Å²) in [7, 11) is 0. The molecule has 1 aliphatic rings. The molecule has 8 nitrogen and oxygen atoms in total. The number of nitrogen functional groups attached to an aromatic ring is 1. The van der Waals surface area contributed by atoms with Crippen LogP contribution in [0.15, 0.2) is 35.1 Å². The van der Waals surface area contributed by atoms with Gasteiger partial charge in [-0.05, 0) is 30.7 Å². The van der Waals surface area contributed by atoms with E-state index in [1.165, 1.54) is 30.7 Å². The van der Waals surface area contributed by atoms with Crippen LogP contribution in [0.2, 0.25) is 0 Å². The summed E-state index contributed by atoms with van der Waals surface area (Å²) in [6, 6.07) is 7.21. The average molecular weight is 397 g/mol. The third-order valence-corrected chi connectivity index (χ3v) is 4.80. The van der Waals surface area contributed by atoms with Gasteiger partial charge in [-0.15, -0.1) is 0 Å². The van der Waals surface area contributed by atoms with E-state index in [-0.39, 0.29) is 16.9 Å². The van der Waals surface area contributed by atoms with Gasteiger partial charge in [0, 0.05) is 6.07 Å². The minimum absolute atomic E-state index is 0.0267. The Morgan fingerprint density at radius 2 is 1.72 bits per heavy atom. The molecule has 0 unspecified atom stereocenters. The Kier molecular flexibility index (Phi) is 6.11. The highest BCUT2D eigenvalue weighted by atomic mass is 16.5. The fourth-order valence-electron chi connectivity index (χ4n) is 3.25. The van der Waals surface area contributed by atoms with Crippen LogP contribution in [-0.4, -0.2) is 29.0 Å². The standard InChI is InChI=1S/C21H23N3O5/c1-2-3-4-5-6-11-29-21(28)13-7-9-14(10-8-13)24-16(25)12-15-17(18(24)22)20(27)23-19(15)26/h7-10,12H,2-6,11,22H2,1H3,(H,23,26,27). The molecule has 0 saturated heterocycles. The Hall–Kier alpha value is -3.42. The van der Waals surface area contributed by atoms with Crippen molar-refractivity contribution in [3.8, 4) is 5.69 Å². The number of hydrogen-bond acceptors (Lipinski definition) is 6. The van der Waals surface area contributed by atoms with Crippen molar-refractivity contribution in [1.82, 2.24) is 9.88 Å². The van der Waals surface area contributed by atoms with E-state index in [0.717, 1.165) is 36.3 Å². The third kappa shape index (κ3) is 4.21. The molecule has 152 valence electrons. The second-order valence-corrected chi connectivity index (χ2v) is 6.87. The van der Waals surface area contributed by atoms with Crippen molar-refractivity contribution in [3.05, 3.63) is 57.4 Å². The van der Waals surface area contributed by atoms with Crippen molar-refractivity contribution in [1.29, 1.82) is 0 Å². The molecule has 2 aromatic rings. The first-order valence-corrected chi connectivity index (χ1v) is 9.62. The number of esters is 1. The highest BCUT2D eigenvalue weighted by Crippen LogP contribution is 2.23. The number of unbranched alkanes of at least 4 members (excludes halogenated alkanes) is 4. The van der Waals surface area contributed by atoms with Crippen molar-refractivity contribution in [3.63, 3.8) is 0 Å². The first-order chi connectivity index (χ1) is 13.9. The number of rotatable bonds is 8. The van der Waals surface area contributed by atoms with Crippen molar-refractivity contribution in [2.45, 2.75) is 39.0 Å². The quantitative estimate of drug-likeness (QED) is 0.401. The maximum Gasteiger partial charge on any atom is 0.338 e. The highest BCUT2D eigenvalue weighted by Gasteiger charge is 2.31. The number of pyridine rings is 1. The summed E-state index contributed by atoms with van der Waals surface area (Å²) in [6.07, 6.45) is 5.31. The number of nitrogens with zero attached hydrogens (tertiary/aromatic N) is 1. The highest BCUT2D eigenvalue weighted by molar-refractivity contribution is 6.23. The van der Waals surface area contributed by atoms with Crippen LogP contribution in [0.4, 0.5) is 5.82 Å². The summed E-state index contributed by atoms with van der Waals surface area (Å²) < 4.78 is 6.39. The lowest BCUT2D eigenvalue weighted by Crippen LogP contribution is -2.24. The van der Waals surface area contributed by atoms with Gasteiger partial charge in [-0.3, -0.25) is 24.3 Å². The van der Waals surface area contributed by atoms with E-state index in [2.05, 4.69) is 12.2 Å². The Morgan fingerprint density at radius 3 is 2.41 bits per heavy atom. The zero-order valence-electron chi connectivity index (χ0n) is 16.2. The van der Waals surface area contributed by atoms with Crippen LogP contribution in [0.25, 0.3) is 5.69 Å². The molecular weight excluding hydrogens is 374 g/mol. The van der Waals surface area contributed by atoms with E-state index in [4.69, 9.17) is 10.5 Å². The molecule has 0 radical (unpaired) electrons. The van der Waals surface area contributed by atoms with E-state index in [1.54, 1.807) is 0 Å². The van der Waals surface area contributed by atoms with Gasteiger partial charge in [-0.1, -0.05) is 32.6 Å². The van der Waals surface area contributed by atoms with Crippen molar-refractivity contribution < 1.29 is 19.1 Å². The van der Waals surface area contributed by atoms with Crippen LogP contribution in [0.3, 0.4) is 0 Å². The number of aromatic nitrogens is 1. The van der Waals surface area contributed by atoms with Crippen LogP contribution in [0.5, 0.6) is 0 Å². The third-order valence-electron chi connectivity index (χ3n) is 4.80. The molecule has 0 aliphatic carbocycles. The molecule has 0 bridgehead atoms. The summed E-state index contributed by atoms with van der Waals surface area (Å²) in [4.78, 5) is 48.2. The van der Waals surface area contributed by atoms with Crippen LogP contribution >= 0.6 is 0 Å². The summed E-state index contributed by atoms with van der Waals surface area (Å²) >= 11 is 0. The molecule has 0 atom stereocenters. The zero-order chi connectivity index (χ0) is 21.0. The lowest BCUT2D eigenvalue weighted by atomic mass is 10.1. The van der Waals surface area contributed by atoms with E-state index >= 15 is 0 Å². The molecule has 1 aromatic heterocycles. The number of hydrogen-bond donors (Lipinski definition) is 2. The molecule has 2 amide bonds. The number of anilines is 1. The predicted octanol–water partition coefficient (Wildman–Crippen LogP) is 2.43. The number of ether oxygens (including phenoxy) is 1. The fraction of sp³-hybridized carbons (Fsp3) is 0.333. The van der Waals surface area contributed by atoms with Crippen LogP contribution in [0.1, 0.15) is 70.1 Å². The number of carbonyl (C=O) groups excluding carboxylic acids is 3. The van der Waals surface area contributed by atoms with E-state index in [9.17, 15) is 19.2 Å². The maximum atomic E-state index is 12.4. The van der Waals surface area contributed by atoms with Gasteiger partial charge in [0.05, 0.1) is 29.0 Å².